The first-order chi connectivity index (χ1) is 10.2. The molecule has 5 heteroatoms. The third-order valence-corrected chi connectivity index (χ3v) is 5.38. The van der Waals surface area contributed by atoms with Crippen LogP contribution in [0.5, 0.6) is 0 Å². The highest BCUT2D eigenvalue weighted by Gasteiger charge is 2.19. The lowest BCUT2D eigenvalue weighted by atomic mass is 9.94. The summed E-state index contributed by atoms with van der Waals surface area (Å²) in [5.74, 6) is 0.899. The number of benzene rings is 1. The van der Waals surface area contributed by atoms with Gasteiger partial charge in [-0.2, -0.15) is 0 Å². The summed E-state index contributed by atoms with van der Waals surface area (Å²) >= 11 is 3.65. The Bertz CT molecular complexity index is 670. The van der Waals surface area contributed by atoms with E-state index < -0.39 is 0 Å². The van der Waals surface area contributed by atoms with Crippen LogP contribution in [0.4, 0.5) is 0 Å². The number of aromatic nitrogens is 2. The highest BCUT2D eigenvalue weighted by atomic mass is 79.9. The molecule has 1 aliphatic carbocycles. The van der Waals surface area contributed by atoms with E-state index in [1.165, 1.54) is 37.7 Å². The molecule has 0 bridgehead atoms. The molecular weight excluding hydrogens is 330 g/mol. The van der Waals surface area contributed by atoms with Gasteiger partial charge < -0.3 is 15.3 Å². The molecule has 1 aromatic carbocycles. The first-order valence-electron chi connectivity index (χ1n) is 7.76. The van der Waals surface area contributed by atoms with E-state index in [0.717, 1.165) is 27.8 Å². The Labute approximate surface area is 132 Å². The van der Waals surface area contributed by atoms with Crippen LogP contribution >= 0.6 is 15.9 Å². The van der Waals surface area contributed by atoms with E-state index in [0.29, 0.717) is 6.04 Å². The Morgan fingerprint density at radius 1 is 1.29 bits per heavy atom. The monoisotopic (exact) mass is 351 g/mol. The molecule has 2 aromatic rings. The average molecular weight is 352 g/mol. The van der Waals surface area contributed by atoms with Crippen LogP contribution in [-0.4, -0.2) is 17.0 Å². The number of rotatable bonds is 5. The van der Waals surface area contributed by atoms with Crippen LogP contribution in [0.25, 0.3) is 11.0 Å². The molecule has 3 N–H and O–H groups in total. The molecule has 1 saturated carbocycles. The summed E-state index contributed by atoms with van der Waals surface area (Å²) in [7, 11) is 2.01. The fraction of sp³-hybridized carbons (Fsp3) is 0.562. The summed E-state index contributed by atoms with van der Waals surface area (Å²) in [6, 6.07) is 4.39. The molecule has 1 aliphatic rings. The molecule has 1 heterocycles. The maximum Gasteiger partial charge on any atom is 0.323 e. The Kier molecular flexibility index (Phi) is 4.50. The summed E-state index contributed by atoms with van der Waals surface area (Å²) in [5.41, 5.74) is 2.79. The predicted molar refractivity (Wildman–Crippen MR) is 89.6 cm³/mol. The zero-order chi connectivity index (χ0) is 14.8. The van der Waals surface area contributed by atoms with Crippen molar-refractivity contribution in [3.8, 4) is 0 Å². The summed E-state index contributed by atoms with van der Waals surface area (Å²) in [4.78, 5) is 17.0. The molecule has 3 rings (SSSR count). The third kappa shape index (κ3) is 3.24. The number of imidazole rings is 1. The Morgan fingerprint density at radius 2 is 1.95 bits per heavy atom. The van der Waals surface area contributed by atoms with Gasteiger partial charge in [0, 0.05) is 10.5 Å². The molecule has 0 saturated heterocycles. The van der Waals surface area contributed by atoms with Crippen LogP contribution in [0.2, 0.25) is 0 Å². The molecule has 0 aliphatic heterocycles. The lowest BCUT2D eigenvalue weighted by molar-refractivity contribution is 0.427. The summed E-state index contributed by atoms with van der Waals surface area (Å²) in [6.07, 6.45) is 7.99. The predicted octanol–water partition coefficient (Wildman–Crippen LogP) is 3.85. The van der Waals surface area contributed by atoms with Crippen LogP contribution in [-0.2, 0) is 0 Å². The van der Waals surface area contributed by atoms with Crippen LogP contribution in [0.3, 0.4) is 0 Å². The summed E-state index contributed by atoms with van der Waals surface area (Å²) in [5, 5.41) is 3.42. The van der Waals surface area contributed by atoms with Crippen molar-refractivity contribution < 1.29 is 0 Å². The van der Waals surface area contributed by atoms with Gasteiger partial charge in [0.1, 0.15) is 0 Å². The standard InChI is InChI=1S/C16H22BrN3O/c1-18-13(7-6-10-4-2-3-5-10)11-8-14-15(9-12(11)17)20-16(21)19-14/h8-10,13,18H,2-7H2,1H3,(H2,19,20,21). The smallest absolute Gasteiger partial charge is 0.313 e. The van der Waals surface area contributed by atoms with E-state index in [-0.39, 0.29) is 5.69 Å². The maximum absolute atomic E-state index is 11.4. The fourth-order valence-corrected chi connectivity index (χ4v) is 4.12. The summed E-state index contributed by atoms with van der Waals surface area (Å²) in [6.45, 7) is 0. The first kappa shape index (κ1) is 14.9. The minimum Gasteiger partial charge on any atom is -0.313 e. The van der Waals surface area contributed by atoms with Crippen molar-refractivity contribution in [1.82, 2.24) is 15.3 Å². The van der Waals surface area contributed by atoms with E-state index in [1.807, 2.05) is 13.1 Å². The van der Waals surface area contributed by atoms with Crippen LogP contribution in [0.1, 0.15) is 50.1 Å². The molecular formula is C16H22BrN3O. The van der Waals surface area contributed by atoms with Gasteiger partial charge in [-0.25, -0.2) is 4.79 Å². The Morgan fingerprint density at radius 3 is 2.62 bits per heavy atom. The van der Waals surface area contributed by atoms with Crippen molar-refractivity contribution in [2.24, 2.45) is 5.92 Å². The zero-order valence-corrected chi connectivity index (χ0v) is 13.9. The molecule has 4 nitrogen and oxygen atoms in total. The van der Waals surface area contributed by atoms with Gasteiger partial charge in [0.05, 0.1) is 11.0 Å². The summed E-state index contributed by atoms with van der Waals surface area (Å²) < 4.78 is 1.05. The van der Waals surface area contributed by atoms with Gasteiger partial charge in [-0.3, -0.25) is 0 Å². The second-order valence-electron chi connectivity index (χ2n) is 6.07. The highest BCUT2D eigenvalue weighted by molar-refractivity contribution is 9.10. The Balaban J connectivity index is 1.81. The van der Waals surface area contributed by atoms with Crippen molar-refractivity contribution in [3.05, 3.63) is 32.7 Å². The average Bonchev–Trinajstić information content (AvgIpc) is 3.08. The lowest BCUT2D eigenvalue weighted by Crippen LogP contribution is -2.17. The van der Waals surface area contributed by atoms with Crippen molar-refractivity contribution in [2.75, 3.05) is 7.05 Å². The van der Waals surface area contributed by atoms with Gasteiger partial charge >= 0.3 is 5.69 Å². The third-order valence-electron chi connectivity index (χ3n) is 4.70. The van der Waals surface area contributed by atoms with E-state index in [1.54, 1.807) is 0 Å². The SMILES string of the molecule is CNC(CCC1CCCC1)c1cc2[nH]c(=O)[nH]c2cc1Br. The van der Waals surface area contributed by atoms with E-state index in [9.17, 15) is 4.79 Å². The second kappa shape index (κ2) is 6.36. The lowest BCUT2D eigenvalue weighted by Gasteiger charge is -2.20. The van der Waals surface area contributed by atoms with Gasteiger partial charge in [0.15, 0.2) is 0 Å². The molecule has 1 aromatic heterocycles. The quantitative estimate of drug-likeness (QED) is 0.766. The number of nitrogens with one attached hydrogen (secondary N) is 3. The second-order valence-corrected chi connectivity index (χ2v) is 6.92. The molecule has 21 heavy (non-hydrogen) atoms. The molecule has 114 valence electrons. The van der Waals surface area contributed by atoms with Gasteiger partial charge in [0.2, 0.25) is 0 Å². The topological polar surface area (TPSA) is 60.7 Å². The Hall–Kier alpha value is -1.07. The fourth-order valence-electron chi connectivity index (χ4n) is 3.50. The van der Waals surface area contributed by atoms with Crippen molar-refractivity contribution in [3.63, 3.8) is 0 Å². The maximum atomic E-state index is 11.4. The van der Waals surface area contributed by atoms with Gasteiger partial charge in [-0.05, 0) is 43.5 Å². The molecule has 1 unspecified atom stereocenters. The van der Waals surface area contributed by atoms with Crippen molar-refractivity contribution in [1.29, 1.82) is 0 Å². The van der Waals surface area contributed by atoms with Crippen LogP contribution in [0, 0.1) is 5.92 Å². The largest absolute Gasteiger partial charge is 0.323 e. The molecule has 0 amide bonds. The minimum atomic E-state index is -0.152. The number of halogens is 1. The number of hydrogen-bond acceptors (Lipinski definition) is 2. The normalized spacial score (nSPS) is 17.6. The zero-order valence-electron chi connectivity index (χ0n) is 12.3. The molecule has 0 radical (unpaired) electrons. The van der Waals surface area contributed by atoms with E-state index in [2.05, 4.69) is 37.3 Å². The number of hydrogen-bond donors (Lipinski definition) is 3. The number of H-pyrrole nitrogens is 2. The molecule has 1 fully saturated rings. The van der Waals surface area contributed by atoms with Crippen LogP contribution in [0.15, 0.2) is 21.4 Å². The van der Waals surface area contributed by atoms with E-state index >= 15 is 0 Å². The van der Waals surface area contributed by atoms with Crippen molar-refractivity contribution >= 4 is 27.0 Å². The minimum absolute atomic E-state index is 0.152. The molecule has 1 atom stereocenters. The van der Waals surface area contributed by atoms with E-state index in [4.69, 9.17) is 0 Å². The van der Waals surface area contributed by atoms with Crippen LogP contribution < -0.4 is 11.0 Å². The number of fused-ring (bicyclic) bond motifs is 1. The highest BCUT2D eigenvalue weighted by Crippen LogP contribution is 2.34. The number of aromatic amines is 2. The van der Waals surface area contributed by atoms with Gasteiger partial charge in [-0.15, -0.1) is 0 Å². The van der Waals surface area contributed by atoms with Gasteiger partial charge in [-0.1, -0.05) is 41.6 Å². The van der Waals surface area contributed by atoms with Gasteiger partial charge in [0.25, 0.3) is 0 Å². The molecule has 0 spiro atoms. The van der Waals surface area contributed by atoms with Crippen molar-refractivity contribution in [2.45, 2.75) is 44.6 Å². The first-order valence-corrected chi connectivity index (χ1v) is 8.55.